The highest BCUT2D eigenvalue weighted by molar-refractivity contribution is 5.76. The molecule has 1 amide bonds. The standard InChI is InChI=1S/C11H24N2O3/c1-3-6-16-7-4-5-13-11(14)8-10(9-12)15-2/h10H,3-9,12H2,1-2H3,(H,13,14). The summed E-state index contributed by atoms with van der Waals surface area (Å²) in [6, 6.07) is 0. The van der Waals surface area contributed by atoms with Crippen LogP contribution in [-0.2, 0) is 14.3 Å². The molecule has 0 spiro atoms. The van der Waals surface area contributed by atoms with E-state index < -0.39 is 0 Å². The average Bonchev–Trinajstić information content (AvgIpc) is 2.30. The van der Waals surface area contributed by atoms with E-state index in [1.807, 2.05) is 0 Å². The van der Waals surface area contributed by atoms with Gasteiger partial charge in [0, 0.05) is 33.4 Å². The van der Waals surface area contributed by atoms with E-state index >= 15 is 0 Å². The van der Waals surface area contributed by atoms with Crippen molar-refractivity contribution in [2.75, 3.05) is 33.4 Å². The van der Waals surface area contributed by atoms with E-state index in [-0.39, 0.29) is 12.0 Å². The highest BCUT2D eigenvalue weighted by Crippen LogP contribution is 1.94. The van der Waals surface area contributed by atoms with Crippen LogP contribution in [0.15, 0.2) is 0 Å². The fourth-order valence-electron chi connectivity index (χ4n) is 1.19. The molecule has 0 aliphatic rings. The van der Waals surface area contributed by atoms with Crippen LogP contribution in [0.3, 0.4) is 0 Å². The summed E-state index contributed by atoms with van der Waals surface area (Å²) in [4.78, 5) is 11.4. The van der Waals surface area contributed by atoms with Crippen molar-refractivity contribution in [3.05, 3.63) is 0 Å². The fraction of sp³-hybridized carbons (Fsp3) is 0.909. The van der Waals surface area contributed by atoms with E-state index in [1.54, 1.807) is 7.11 Å². The van der Waals surface area contributed by atoms with Gasteiger partial charge in [0.1, 0.15) is 0 Å². The molecule has 1 atom stereocenters. The van der Waals surface area contributed by atoms with Gasteiger partial charge in [-0.1, -0.05) is 6.92 Å². The van der Waals surface area contributed by atoms with Crippen molar-refractivity contribution in [2.45, 2.75) is 32.3 Å². The Morgan fingerprint density at radius 1 is 1.44 bits per heavy atom. The Morgan fingerprint density at radius 2 is 2.19 bits per heavy atom. The van der Waals surface area contributed by atoms with Crippen molar-refractivity contribution in [1.82, 2.24) is 5.32 Å². The van der Waals surface area contributed by atoms with Gasteiger partial charge in [-0.25, -0.2) is 0 Å². The van der Waals surface area contributed by atoms with Gasteiger partial charge in [0.2, 0.25) is 5.91 Å². The largest absolute Gasteiger partial charge is 0.381 e. The van der Waals surface area contributed by atoms with Gasteiger partial charge in [-0.2, -0.15) is 0 Å². The maximum Gasteiger partial charge on any atom is 0.222 e. The molecule has 0 aliphatic carbocycles. The van der Waals surface area contributed by atoms with E-state index in [0.29, 0.717) is 26.1 Å². The summed E-state index contributed by atoms with van der Waals surface area (Å²) < 4.78 is 10.3. The van der Waals surface area contributed by atoms with Crippen LogP contribution in [0.2, 0.25) is 0 Å². The van der Waals surface area contributed by atoms with Crippen LogP contribution in [0.1, 0.15) is 26.2 Å². The minimum absolute atomic E-state index is 0.0206. The number of amides is 1. The molecule has 5 heteroatoms. The molecular weight excluding hydrogens is 208 g/mol. The van der Waals surface area contributed by atoms with E-state index in [9.17, 15) is 4.79 Å². The zero-order valence-corrected chi connectivity index (χ0v) is 10.3. The van der Waals surface area contributed by atoms with Crippen molar-refractivity contribution >= 4 is 5.91 Å². The van der Waals surface area contributed by atoms with Crippen LogP contribution >= 0.6 is 0 Å². The molecule has 0 rings (SSSR count). The minimum atomic E-state index is -0.184. The number of hydrogen-bond donors (Lipinski definition) is 2. The molecular formula is C11H24N2O3. The number of nitrogens with two attached hydrogens (primary N) is 1. The highest BCUT2D eigenvalue weighted by Gasteiger charge is 2.10. The molecule has 5 nitrogen and oxygen atoms in total. The van der Waals surface area contributed by atoms with E-state index in [4.69, 9.17) is 15.2 Å². The molecule has 0 fully saturated rings. The third kappa shape index (κ3) is 8.64. The summed E-state index contributed by atoms with van der Waals surface area (Å²) in [5, 5.41) is 2.80. The van der Waals surface area contributed by atoms with Crippen LogP contribution in [0.4, 0.5) is 0 Å². The molecule has 0 aromatic rings. The predicted molar refractivity (Wildman–Crippen MR) is 63.2 cm³/mol. The first-order chi connectivity index (χ1) is 7.74. The third-order valence-corrected chi connectivity index (χ3v) is 2.15. The van der Waals surface area contributed by atoms with E-state index in [1.165, 1.54) is 0 Å². The first kappa shape index (κ1) is 15.3. The van der Waals surface area contributed by atoms with Crippen molar-refractivity contribution in [2.24, 2.45) is 5.73 Å². The van der Waals surface area contributed by atoms with Crippen LogP contribution in [0.5, 0.6) is 0 Å². The summed E-state index contributed by atoms with van der Waals surface area (Å²) in [5.41, 5.74) is 5.42. The van der Waals surface area contributed by atoms with Gasteiger partial charge >= 0.3 is 0 Å². The van der Waals surface area contributed by atoms with Crippen LogP contribution in [0, 0.1) is 0 Å². The topological polar surface area (TPSA) is 73.6 Å². The Hall–Kier alpha value is -0.650. The van der Waals surface area contributed by atoms with Crippen molar-refractivity contribution in [1.29, 1.82) is 0 Å². The van der Waals surface area contributed by atoms with Gasteiger partial charge < -0.3 is 20.5 Å². The zero-order valence-electron chi connectivity index (χ0n) is 10.3. The van der Waals surface area contributed by atoms with Crippen LogP contribution in [-0.4, -0.2) is 45.4 Å². The van der Waals surface area contributed by atoms with Gasteiger partial charge in [-0.3, -0.25) is 4.79 Å². The number of nitrogens with one attached hydrogen (secondary N) is 1. The molecule has 0 aliphatic heterocycles. The molecule has 96 valence electrons. The Kier molecular flexibility index (Phi) is 10.4. The summed E-state index contributed by atoms with van der Waals surface area (Å²) in [6.45, 7) is 4.55. The molecule has 0 heterocycles. The van der Waals surface area contributed by atoms with E-state index in [2.05, 4.69) is 12.2 Å². The molecule has 0 radical (unpaired) electrons. The van der Waals surface area contributed by atoms with Gasteiger partial charge in [-0.15, -0.1) is 0 Å². The number of methoxy groups -OCH3 is 1. The third-order valence-electron chi connectivity index (χ3n) is 2.15. The Balaban J connectivity index is 3.36. The number of hydrogen-bond acceptors (Lipinski definition) is 4. The molecule has 0 aromatic heterocycles. The molecule has 3 N–H and O–H groups in total. The van der Waals surface area contributed by atoms with Crippen molar-refractivity contribution in [3.8, 4) is 0 Å². The zero-order chi connectivity index (χ0) is 12.2. The van der Waals surface area contributed by atoms with Gasteiger partial charge in [0.25, 0.3) is 0 Å². The SMILES string of the molecule is CCCOCCCNC(=O)CC(CN)OC. The second kappa shape index (κ2) is 10.9. The molecule has 0 saturated carbocycles. The van der Waals surface area contributed by atoms with Gasteiger partial charge in [-0.05, 0) is 12.8 Å². The summed E-state index contributed by atoms with van der Waals surface area (Å²) >= 11 is 0. The number of carbonyl (C=O) groups is 1. The van der Waals surface area contributed by atoms with E-state index in [0.717, 1.165) is 19.4 Å². The van der Waals surface area contributed by atoms with Crippen molar-refractivity contribution in [3.63, 3.8) is 0 Å². The monoisotopic (exact) mass is 232 g/mol. The lowest BCUT2D eigenvalue weighted by Crippen LogP contribution is -2.32. The summed E-state index contributed by atoms with van der Waals surface area (Å²) in [5.74, 6) is -0.0206. The van der Waals surface area contributed by atoms with Gasteiger partial charge in [0.05, 0.1) is 12.5 Å². The maximum absolute atomic E-state index is 11.4. The Bertz CT molecular complexity index is 173. The Morgan fingerprint density at radius 3 is 2.75 bits per heavy atom. The number of ether oxygens (including phenoxy) is 2. The lowest BCUT2D eigenvalue weighted by molar-refractivity contribution is -0.123. The second-order valence-electron chi connectivity index (χ2n) is 3.61. The van der Waals surface area contributed by atoms with Gasteiger partial charge in [0.15, 0.2) is 0 Å². The molecule has 1 unspecified atom stereocenters. The van der Waals surface area contributed by atoms with Crippen molar-refractivity contribution < 1.29 is 14.3 Å². The molecule has 0 bridgehead atoms. The normalized spacial score (nSPS) is 12.4. The number of carbonyl (C=O) groups excluding carboxylic acids is 1. The maximum atomic E-state index is 11.4. The van der Waals surface area contributed by atoms with Crippen LogP contribution < -0.4 is 11.1 Å². The first-order valence-corrected chi connectivity index (χ1v) is 5.81. The summed E-state index contributed by atoms with van der Waals surface area (Å²) in [6.07, 6.45) is 2.00. The lowest BCUT2D eigenvalue weighted by atomic mass is 10.2. The molecule has 16 heavy (non-hydrogen) atoms. The first-order valence-electron chi connectivity index (χ1n) is 5.81. The number of rotatable bonds is 10. The summed E-state index contributed by atoms with van der Waals surface area (Å²) in [7, 11) is 1.56. The van der Waals surface area contributed by atoms with Crippen LogP contribution in [0.25, 0.3) is 0 Å². The highest BCUT2D eigenvalue weighted by atomic mass is 16.5. The quantitative estimate of drug-likeness (QED) is 0.531. The lowest BCUT2D eigenvalue weighted by Gasteiger charge is -2.12. The average molecular weight is 232 g/mol. The smallest absolute Gasteiger partial charge is 0.222 e. The predicted octanol–water partition coefficient (Wildman–Crippen LogP) is 0.283. The fourth-order valence-corrected chi connectivity index (χ4v) is 1.19. The Labute approximate surface area is 97.7 Å². The minimum Gasteiger partial charge on any atom is -0.381 e. The second-order valence-corrected chi connectivity index (χ2v) is 3.61. The molecule has 0 saturated heterocycles. The molecule has 0 aromatic carbocycles.